The minimum atomic E-state index is -0.932. The molecule has 0 amide bonds. The Hall–Kier alpha value is -2.68. The topological polar surface area (TPSA) is 80.8 Å². The maximum atomic E-state index is 12.4. The molecule has 0 saturated heterocycles. The molecule has 0 unspecified atom stereocenters. The van der Waals surface area contributed by atoms with Crippen molar-refractivity contribution < 1.29 is 9.53 Å². The Morgan fingerprint density at radius 1 is 1.26 bits per heavy atom. The Kier molecular flexibility index (Phi) is 4.67. The fourth-order valence-corrected chi connectivity index (χ4v) is 2.75. The fraction of sp³-hybridized carbons (Fsp3) is 0.412. The van der Waals surface area contributed by atoms with E-state index in [-0.39, 0.29) is 12.4 Å². The van der Waals surface area contributed by atoms with Crippen LogP contribution in [0.5, 0.6) is 5.75 Å². The van der Waals surface area contributed by atoms with Crippen molar-refractivity contribution in [2.75, 3.05) is 6.61 Å². The molecular formula is C17H18N4O2. The molecule has 0 fully saturated rings. The number of aryl methyl sites for hydroxylation is 1. The van der Waals surface area contributed by atoms with E-state index in [4.69, 9.17) is 4.74 Å². The van der Waals surface area contributed by atoms with E-state index in [9.17, 15) is 10.1 Å². The van der Waals surface area contributed by atoms with Gasteiger partial charge in [0.15, 0.2) is 17.5 Å². The molecule has 0 bridgehead atoms. The van der Waals surface area contributed by atoms with Crippen LogP contribution in [0.4, 0.5) is 0 Å². The molecule has 6 heteroatoms. The summed E-state index contributed by atoms with van der Waals surface area (Å²) >= 11 is 0. The summed E-state index contributed by atoms with van der Waals surface area (Å²) in [6, 6.07) is 11.1. The van der Waals surface area contributed by atoms with Crippen molar-refractivity contribution in [3.05, 3.63) is 42.0 Å². The summed E-state index contributed by atoms with van der Waals surface area (Å²) in [5.74, 6) is 0.701. The maximum absolute atomic E-state index is 12.4. The second kappa shape index (κ2) is 7.05. The number of Topliss-reactive ketones (excluding diaryl/α,β-unsaturated/α-hetero) is 1. The van der Waals surface area contributed by atoms with E-state index in [2.05, 4.69) is 16.3 Å². The first-order chi connectivity index (χ1) is 11.3. The second-order valence-corrected chi connectivity index (χ2v) is 5.57. The van der Waals surface area contributed by atoms with Gasteiger partial charge in [-0.05, 0) is 25.0 Å². The van der Waals surface area contributed by atoms with Crippen LogP contribution < -0.4 is 4.74 Å². The Labute approximate surface area is 134 Å². The van der Waals surface area contributed by atoms with Gasteiger partial charge in [-0.25, -0.2) is 0 Å². The lowest BCUT2D eigenvalue weighted by Gasteiger charge is -2.11. The number of rotatable bonds is 5. The first-order valence-electron chi connectivity index (χ1n) is 7.82. The molecule has 0 N–H and O–H groups in total. The van der Waals surface area contributed by atoms with Gasteiger partial charge in [0.25, 0.3) is 0 Å². The normalized spacial score (nSPS) is 15.1. The summed E-state index contributed by atoms with van der Waals surface area (Å²) < 4.78 is 7.39. The highest BCUT2D eigenvalue weighted by molar-refractivity contribution is 5.88. The van der Waals surface area contributed by atoms with Gasteiger partial charge < -0.3 is 9.30 Å². The van der Waals surface area contributed by atoms with Gasteiger partial charge in [0, 0.05) is 13.0 Å². The molecule has 1 aromatic carbocycles. The molecule has 0 saturated carbocycles. The predicted octanol–water partition coefficient (Wildman–Crippen LogP) is 2.26. The maximum Gasteiger partial charge on any atom is 0.195 e. The second-order valence-electron chi connectivity index (χ2n) is 5.57. The SMILES string of the molecule is N#C[C@H](C(=O)COc1ccccc1)c1nnc2n1CCCCC2. The standard InChI is InChI=1S/C17H18N4O2/c18-11-14(15(22)12-23-13-7-3-1-4-8-13)17-20-19-16-9-5-2-6-10-21(16)17/h1,3-4,7-8,14H,2,5-6,9-10,12H2/t14-/m1/s1. The smallest absolute Gasteiger partial charge is 0.195 e. The van der Waals surface area contributed by atoms with Gasteiger partial charge in [-0.15, -0.1) is 10.2 Å². The van der Waals surface area contributed by atoms with Gasteiger partial charge in [-0.1, -0.05) is 24.6 Å². The molecule has 1 aliphatic rings. The van der Waals surface area contributed by atoms with Crippen LogP contribution in [0.15, 0.2) is 30.3 Å². The molecule has 1 aromatic heterocycles. The molecule has 3 rings (SSSR count). The zero-order valence-corrected chi connectivity index (χ0v) is 12.8. The Morgan fingerprint density at radius 3 is 2.87 bits per heavy atom. The van der Waals surface area contributed by atoms with Gasteiger partial charge >= 0.3 is 0 Å². The van der Waals surface area contributed by atoms with Gasteiger partial charge in [0.05, 0.1) is 6.07 Å². The summed E-state index contributed by atoms with van der Waals surface area (Å²) in [5, 5.41) is 17.7. The number of aromatic nitrogens is 3. The van der Waals surface area contributed by atoms with Crippen molar-refractivity contribution in [2.45, 2.75) is 38.1 Å². The van der Waals surface area contributed by atoms with Crippen LogP contribution in [-0.4, -0.2) is 27.2 Å². The van der Waals surface area contributed by atoms with E-state index >= 15 is 0 Å². The van der Waals surface area contributed by atoms with Crippen LogP contribution in [0.1, 0.15) is 36.8 Å². The van der Waals surface area contributed by atoms with Gasteiger partial charge in [-0.3, -0.25) is 4.79 Å². The molecule has 0 radical (unpaired) electrons. The monoisotopic (exact) mass is 310 g/mol. The average molecular weight is 310 g/mol. The third kappa shape index (κ3) is 3.39. The van der Waals surface area contributed by atoms with Crippen LogP contribution in [0.25, 0.3) is 0 Å². The number of nitriles is 1. The number of nitrogens with zero attached hydrogens (tertiary/aromatic N) is 4. The van der Waals surface area contributed by atoms with E-state index in [1.54, 1.807) is 12.1 Å². The first-order valence-corrected chi connectivity index (χ1v) is 7.82. The zero-order chi connectivity index (χ0) is 16.1. The van der Waals surface area contributed by atoms with E-state index in [1.165, 1.54) is 0 Å². The molecular weight excluding hydrogens is 292 g/mol. The largest absolute Gasteiger partial charge is 0.486 e. The van der Waals surface area contributed by atoms with Gasteiger partial charge in [0.2, 0.25) is 0 Å². The number of carbonyl (C=O) groups excluding carboxylic acids is 1. The fourth-order valence-electron chi connectivity index (χ4n) is 2.75. The first kappa shape index (κ1) is 15.2. The van der Waals surface area contributed by atoms with Crippen molar-refractivity contribution in [1.82, 2.24) is 14.8 Å². The number of benzene rings is 1. The number of hydrogen-bond acceptors (Lipinski definition) is 5. The average Bonchev–Trinajstić information content (AvgIpc) is 2.83. The number of ketones is 1. The van der Waals surface area contributed by atoms with Crippen molar-refractivity contribution in [1.29, 1.82) is 5.26 Å². The third-order valence-electron chi connectivity index (χ3n) is 3.97. The molecule has 23 heavy (non-hydrogen) atoms. The Morgan fingerprint density at radius 2 is 2.09 bits per heavy atom. The predicted molar refractivity (Wildman–Crippen MR) is 82.9 cm³/mol. The highest BCUT2D eigenvalue weighted by atomic mass is 16.5. The summed E-state index contributed by atoms with van der Waals surface area (Å²) in [6.07, 6.45) is 4.07. The summed E-state index contributed by atoms with van der Waals surface area (Å²) in [6.45, 7) is 0.618. The lowest BCUT2D eigenvalue weighted by molar-refractivity contribution is -0.121. The Bertz CT molecular complexity index is 718. The minimum absolute atomic E-state index is 0.148. The van der Waals surface area contributed by atoms with Crippen molar-refractivity contribution in [3.8, 4) is 11.8 Å². The van der Waals surface area contributed by atoms with E-state index < -0.39 is 5.92 Å². The third-order valence-corrected chi connectivity index (χ3v) is 3.97. The molecule has 0 spiro atoms. The summed E-state index contributed by atoms with van der Waals surface area (Å²) in [4.78, 5) is 12.4. The highest BCUT2D eigenvalue weighted by Crippen LogP contribution is 2.21. The van der Waals surface area contributed by atoms with Crippen molar-refractivity contribution in [3.63, 3.8) is 0 Å². The molecule has 0 aliphatic carbocycles. The highest BCUT2D eigenvalue weighted by Gasteiger charge is 2.28. The number of ether oxygens (including phenoxy) is 1. The van der Waals surface area contributed by atoms with Crippen LogP contribution in [0.2, 0.25) is 0 Å². The lowest BCUT2D eigenvalue weighted by Crippen LogP contribution is -2.22. The molecule has 2 aromatic rings. The van der Waals surface area contributed by atoms with Crippen LogP contribution >= 0.6 is 0 Å². The minimum Gasteiger partial charge on any atom is -0.486 e. The van der Waals surface area contributed by atoms with Crippen molar-refractivity contribution in [2.24, 2.45) is 0 Å². The number of carbonyl (C=O) groups is 1. The van der Waals surface area contributed by atoms with E-state index in [1.807, 2.05) is 22.8 Å². The number of fused-ring (bicyclic) bond motifs is 1. The molecule has 1 atom stereocenters. The quantitative estimate of drug-likeness (QED) is 0.846. The number of para-hydroxylation sites is 1. The summed E-state index contributed by atoms with van der Waals surface area (Å²) in [7, 11) is 0. The molecule has 1 aliphatic heterocycles. The van der Waals surface area contributed by atoms with E-state index in [0.717, 1.165) is 38.1 Å². The Balaban J connectivity index is 1.74. The molecule has 118 valence electrons. The van der Waals surface area contributed by atoms with Gasteiger partial charge in [-0.2, -0.15) is 5.26 Å². The summed E-state index contributed by atoms with van der Waals surface area (Å²) in [5.41, 5.74) is 0. The lowest BCUT2D eigenvalue weighted by atomic mass is 10.1. The van der Waals surface area contributed by atoms with Crippen LogP contribution in [0, 0.1) is 11.3 Å². The van der Waals surface area contributed by atoms with Crippen molar-refractivity contribution >= 4 is 5.78 Å². The number of hydrogen-bond donors (Lipinski definition) is 0. The van der Waals surface area contributed by atoms with E-state index in [0.29, 0.717) is 11.6 Å². The van der Waals surface area contributed by atoms with Crippen LogP contribution in [-0.2, 0) is 17.8 Å². The zero-order valence-electron chi connectivity index (χ0n) is 12.8. The van der Waals surface area contributed by atoms with Gasteiger partial charge in [0.1, 0.15) is 18.2 Å². The molecule has 2 heterocycles. The molecule has 6 nitrogen and oxygen atoms in total. The van der Waals surface area contributed by atoms with Crippen LogP contribution in [0.3, 0.4) is 0 Å².